The normalized spacial score (nSPS) is 10.6. The van der Waals surface area contributed by atoms with E-state index in [0.717, 1.165) is 5.56 Å². The lowest BCUT2D eigenvalue weighted by Gasteiger charge is -2.23. The number of anilines is 1. The van der Waals surface area contributed by atoms with Gasteiger partial charge in [0.25, 0.3) is 0 Å². The molecule has 6 heteroatoms. The van der Waals surface area contributed by atoms with Crippen molar-refractivity contribution in [2.75, 3.05) is 4.90 Å². The summed E-state index contributed by atoms with van der Waals surface area (Å²) in [6.07, 6.45) is 7.80. The van der Waals surface area contributed by atoms with Crippen molar-refractivity contribution >= 4 is 11.6 Å². The van der Waals surface area contributed by atoms with Gasteiger partial charge in [-0.2, -0.15) is 5.10 Å². The molecule has 2 aromatic heterocycles. The number of aromatic nitrogens is 3. The highest BCUT2D eigenvalue weighted by molar-refractivity contribution is 5.93. The van der Waals surface area contributed by atoms with E-state index in [4.69, 9.17) is 0 Å². The standard InChI is InChI=1S/C19H19FN4O/c1-23-13-15(12-22-23)6-7-19(25)24(17-8-10-21-11-9-17)14-16-4-2-3-5-18(16)20/h2-5,8-13H,6-7,14H2,1H3. The third-order valence-corrected chi connectivity index (χ3v) is 3.95. The fraction of sp³-hybridized carbons (Fsp3) is 0.211. The Hall–Kier alpha value is -3.02. The first-order chi connectivity index (χ1) is 12.1. The van der Waals surface area contributed by atoms with Crippen LogP contribution in [0.25, 0.3) is 0 Å². The highest BCUT2D eigenvalue weighted by Gasteiger charge is 2.18. The molecule has 0 spiro atoms. The van der Waals surface area contributed by atoms with E-state index < -0.39 is 0 Å². The summed E-state index contributed by atoms with van der Waals surface area (Å²) in [4.78, 5) is 18.4. The van der Waals surface area contributed by atoms with Crippen LogP contribution >= 0.6 is 0 Å². The van der Waals surface area contributed by atoms with E-state index in [1.54, 1.807) is 58.5 Å². The largest absolute Gasteiger partial charge is 0.308 e. The summed E-state index contributed by atoms with van der Waals surface area (Å²) in [7, 11) is 1.84. The van der Waals surface area contributed by atoms with Crippen LogP contribution in [-0.4, -0.2) is 20.7 Å². The minimum atomic E-state index is -0.318. The van der Waals surface area contributed by atoms with Gasteiger partial charge in [-0.1, -0.05) is 18.2 Å². The number of halogens is 1. The Kier molecular flexibility index (Phi) is 5.18. The average molecular weight is 338 g/mol. The van der Waals surface area contributed by atoms with Gasteiger partial charge in [-0.3, -0.25) is 14.5 Å². The van der Waals surface area contributed by atoms with Gasteiger partial charge in [0.1, 0.15) is 5.82 Å². The van der Waals surface area contributed by atoms with Crippen LogP contribution in [0, 0.1) is 5.82 Å². The van der Waals surface area contributed by atoms with Crippen molar-refractivity contribution in [3.05, 3.63) is 78.1 Å². The summed E-state index contributed by atoms with van der Waals surface area (Å²) in [5, 5.41) is 4.11. The first-order valence-electron chi connectivity index (χ1n) is 8.05. The number of aryl methyl sites for hydroxylation is 2. The molecule has 0 atom stereocenters. The molecule has 3 rings (SSSR count). The molecular formula is C19H19FN4O. The van der Waals surface area contributed by atoms with Gasteiger partial charge in [0.05, 0.1) is 12.7 Å². The SMILES string of the molecule is Cn1cc(CCC(=O)N(Cc2ccccc2F)c2ccncc2)cn1. The summed E-state index contributed by atoms with van der Waals surface area (Å²) >= 11 is 0. The molecule has 1 amide bonds. The first kappa shape index (κ1) is 16.8. The molecule has 0 aliphatic heterocycles. The van der Waals surface area contributed by atoms with Crippen LogP contribution in [0.4, 0.5) is 10.1 Å². The smallest absolute Gasteiger partial charge is 0.227 e. The van der Waals surface area contributed by atoms with E-state index in [-0.39, 0.29) is 18.3 Å². The number of amides is 1. The van der Waals surface area contributed by atoms with Crippen molar-refractivity contribution in [1.82, 2.24) is 14.8 Å². The second kappa shape index (κ2) is 7.70. The van der Waals surface area contributed by atoms with Gasteiger partial charge in [0, 0.05) is 43.3 Å². The molecule has 0 fully saturated rings. The molecule has 0 saturated carbocycles. The number of pyridine rings is 1. The molecule has 0 N–H and O–H groups in total. The third-order valence-electron chi connectivity index (χ3n) is 3.95. The van der Waals surface area contributed by atoms with Crippen molar-refractivity contribution < 1.29 is 9.18 Å². The summed E-state index contributed by atoms with van der Waals surface area (Å²) in [6.45, 7) is 0.183. The Morgan fingerprint density at radius 2 is 1.96 bits per heavy atom. The molecule has 0 bridgehead atoms. The molecule has 25 heavy (non-hydrogen) atoms. The monoisotopic (exact) mass is 338 g/mol. The van der Waals surface area contributed by atoms with Crippen molar-refractivity contribution in [2.45, 2.75) is 19.4 Å². The molecule has 0 saturated heterocycles. The summed E-state index contributed by atoms with van der Waals surface area (Å²) in [5.41, 5.74) is 2.18. The van der Waals surface area contributed by atoms with Gasteiger partial charge in [-0.05, 0) is 30.2 Å². The third kappa shape index (κ3) is 4.29. The van der Waals surface area contributed by atoms with Crippen molar-refractivity contribution in [1.29, 1.82) is 0 Å². The van der Waals surface area contributed by atoms with Crippen molar-refractivity contribution in [3.63, 3.8) is 0 Å². The number of nitrogens with zero attached hydrogens (tertiary/aromatic N) is 4. The number of carbonyl (C=O) groups excluding carboxylic acids is 1. The van der Waals surface area contributed by atoms with Crippen LogP contribution in [0.3, 0.4) is 0 Å². The molecule has 0 aliphatic carbocycles. The van der Waals surface area contributed by atoms with Crippen LogP contribution in [0.15, 0.2) is 61.2 Å². The number of carbonyl (C=O) groups is 1. The maximum atomic E-state index is 14.0. The van der Waals surface area contributed by atoms with Gasteiger partial charge < -0.3 is 4.90 Å². The predicted molar refractivity (Wildman–Crippen MR) is 93.4 cm³/mol. The van der Waals surface area contributed by atoms with Gasteiger partial charge in [0.2, 0.25) is 5.91 Å². The zero-order valence-electron chi connectivity index (χ0n) is 14.0. The molecule has 0 aliphatic rings. The number of rotatable bonds is 6. The van der Waals surface area contributed by atoms with E-state index in [0.29, 0.717) is 24.1 Å². The summed E-state index contributed by atoms with van der Waals surface area (Å²) < 4.78 is 15.7. The number of hydrogen-bond donors (Lipinski definition) is 0. The highest BCUT2D eigenvalue weighted by Crippen LogP contribution is 2.19. The minimum Gasteiger partial charge on any atom is -0.308 e. The topological polar surface area (TPSA) is 51.0 Å². The van der Waals surface area contributed by atoms with Crippen LogP contribution in [0.5, 0.6) is 0 Å². The number of hydrogen-bond acceptors (Lipinski definition) is 3. The van der Waals surface area contributed by atoms with E-state index in [2.05, 4.69) is 10.1 Å². The van der Waals surface area contributed by atoms with Gasteiger partial charge in [0.15, 0.2) is 0 Å². The summed E-state index contributed by atoms with van der Waals surface area (Å²) in [6, 6.07) is 10.0. The summed E-state index contributed by atoms with van der Waals surface area (Å²) in [5.74, 6) is -0.389. The average Bonchev–Trinajstić information content (AvgIpc) is 3.05. The lowest BCUT2D eigenvalue weighted by molar-refractivity contribution is -0.118. The van der Waals surface area contributed by atoms with Crippen LogP contribution in [-0.2, 0) is 24.8 Å². The fourth-order valence-corrected chi connectivity index (χ4v) is 2.63. The predicted octanol–water partition coefficient (Wildman–Crippen LogP) is 3.12. The molecule has 1 aromatic carbocycles. The first-order valence-corrected chi connectivity index (χ1v) is 8.05. The van der Waals surface area contributed by atoms with Gasteiger partial charge in [-0.15, -0.1) is 0 Å². The number of benzene rings is 1. The lowest BCUT2D eigenvalue weighted by Crippen LogP contribution is -2.31. The van der Waals surface area contributed by atoms with E-state index in [1.165, 1.54) is 6.07 Å². The zero-order chi connectivity index (χ0) is 17.6. The Morgan fingerprint density at radius 3 is 2.64 bits per heavy atom. The zero-order valence-corrected chi connectivity index (χ0v) is 14.0. The Labute approximate surface area is 145 Å². The highest BCUT2D eigenvalue weighted by atomic mass is 19.1. The fourth-order valence-electron chi connectivity index (χ4n) is 2.63. The van der Waals surface area contributed by atoms with Crippen LogP contribution < -0.4 is 4.90 Å². The van der Waals surface area contributed by atoms with E-state index in [9.17, 15) is 9.18 Å². The van der Waals surface area contributed by atoms with Crippen LogP contribution in [0.2, 0.25) is 0 Å². The molecule has 5 nitrogen and oxygen atoms in total. The molecule has 128 valence electrons. The van der Waals surface area contributed by atoms with Gasteiger partial charge >= 0.3 is 0 Å². The Bertz CT molecular complexity index is 847. The van der Waals surface area contributed by atoms with E-state index in [1.807, 2.05) is 13.2 Å². The Balaban J connectivity index is 1.78. The van der Waals surface area contributed by atoms with E-state index >= 15 is 0 Å². The van der Waals surface area contributed by atoms with Crippen molar-refractivity contribution in [3.8, 4) is 0 Å². The maximum absolute atomic E-state index is 14.0. The maximum Gasteiger partial charge on any atom is 0.227 e. The van der Waals surface area contributed by atoms with Crippen molar-refractivity contribution in [2.24, 2.45) is 7.05 Å². The quantitative estimate of drug-likeness (QED) is 0.694. The second-order valence-corrected chi connectivity index (χ2v) is 5.80. The molecule has 0 unspecified atom stereocenters. The lowest BCUT2D eigenvalue weighted by atomic mass is 10.1. The van der Waals surface area contributed by atoms with Crippen LogP contribution in [0.1, 0.15) is 17.5 Å². The minimum absolute atomic E-state index is 0.0710. The molecule has 0 radical (unpaired) electrons. The molecule has 2 heterocycles. The molecular weight excluding hydrogens is 319 g/mol. The molecule has 3 aromatic rings. The second-order valence-electron chi connectivity index (χ2n) is 5.80. The Morgan fingerprint density at radius 1 is 1.20 bits per heavy atom. The van der Waals surface area contributed by atoms with Gasteiger partial charge in [-0.25, -0.2) is 4.39 Å².